The minimum absolute atomic E-state index is 0.274. The Morgan fingerprint density at radius 3 is 3.05 bits per heavy atom. The van der Waals surface area contributed by atoms with Crippen LogP contribution in [0.4, 0.5) is 0 Å². The van der Waals surface area contributed by atoms with Crippen molar-refractivity contribution >= 4 is 0 Å². The van der Waals surface area contributed by atoms with Crippen LogP contribution in [0, 0.1) is 0 Å². The third-order valence-corrected chi connectivity index (χ3v) is 3.58. The molecule has 1 aromatic carbocycles. The minimum Gasteiger partial charge on any atom is -0.493 e. The highest BCUT2D eigenvalue weighted by atomic mass is 16.7. The Labute approximate surface area is 113 Å². The first kappa shape index (κ1) is 12.4. The Morgan fingerprint density at radius 1 is 1.32 bits per heavy atom. The SMILES string of the molecule is COc1cc(CNC2CC=CCC2)cc2c1OCO2. The average Bonchev–Trinajstić information content (AvgIpc) is 2.93. The maximum Gasteiger partial charge on any atom is 0.231 e. The zero-order chi connectivity index (χ0) is 13.1. The summed E-state index contributed by atoms with van der Waals surface area (Å²) in [5.74, 6) is 2.24. The molecule has 0 radical (unpaired) electrons. The van der Waals surface area contributed by atoms with Crippen LogP contribution in [0.3, 0.4) is 0 Å². The number of nitrogens with one attached hydrogen (secondary N) is 1. The Bertz CT molecular complexity index is 485. The van der Waals surface area contributed by atoms with E-state index in [1.165, 1.54) is 12.8 Å². The van der Waals surface area contributed by atoms with Crippen LogP contribution in [0.25, 0.3) is 0 Å². The van der Waals surface area contributed by atoms with E-state index in [1.54, 1.807) is 7.11 Å². The summed E-state index contributed by atoms with van der Waals surface area (Å²) in [5.41, 5.74) is 1.16. The highest BCUT2D eigenvalue weighted by Crippen LogP contribution is 2.41. The molecular weight excluding hydrogens is 242 g/mol. The molecule has 1 heterocycles. The molecule has 1 aromatic rings. The van der Waals surface area contributed by atoms with E-state index in [1.807, 2.05) is 12.1 Å². The summed E-state index contributed by atoms with van der Waals surface area (Å²) in [6.45, 7) is 1.10. The van der Waals surface area contributed by atoms with Crippen molar-refractivity contribution in [3.63, 3.8) is 0 Å². The van der Waals surface area contributed by atoms with Gasteiger partial charge in [0.25, 0.3) is 0 Å². The Hall–Kier alpha value is -1.68. The molecule has 2 aliphatic rings. The average molecular weight is 261 g/mol. The van der Waals surface area contributed by atoms with E-state index in [0.29, 0.717) is 11.8 Å². The molecule has 1 aliphatic heterocycles. The Kier molecular flexibility index (Phi) is 3.60. The summed E-state index contributed by atoms with van der Waals surface area (Å²) >= 11 is 0. The zero-order valence-corrected chi connectivity index (χ0v) is 11.1. The second kappa shape index (κ2) is 5.53. The number of methoxy groups -OCH3 is 1. The lowest BCUT2D eigenvalue weighted by Gasteiger charge is -2.19. The molecular formula is C15H19NO3. The number of fused-ring (bicyclic) bond motifs is 1. The van der Waals surface area contributed by atoms with Crippen molar-refractivity contribution in [2.24, 2.45) is 0 Å². The maximum absolute atomic E-state index is 5.43. The molecule has 102 valence electrons. The largest absolute Gasteiger partial charge is 0.493 e. The van der Waals surface area contributed by atoms with Gasteiger partial charge in [-0.2, -0.15) is 0 Å². The lowest BCUT2D eigenvalue weighted by Crippen LogP contribution is -2.29. The summed E-state index contributed by atoms with van der Waals surface area (Å²) in [6.07, 6.45) is 7.99. The van der Waals surface area contributed by atoms with Crippen molar-refractivity contribution in [1.29, 1.82) is 0 Å². The topological polar surface area (TPSA) is 39.7 Å². The van der Waals surface area contributed by atoms with Crippen molar-refractivity contribution in [2.45, 2.75) is 31.8 Å². The smallest absolute Gasteiger partial charge is 0.231 e. The van der Waals surface area contributed by atoms with E-state index in [2.05, 4.69) is 17.5 Å². The molecule has 0 saturated carbocycles. The number of benzene rings is 1. The summed E-state index contributed by atoms with van der Waals surface area (Å²) in [4.78, 5) is 0. The van der Waals surface area contributed by atoms with Crippen LogP contribution in [-0.2, 0) is 6.54 Å². The number of hydrogen-bond donors (Lipinski definition) is 1. The molecule has 4 heteroatoms. The molecule has 1 N–H and O–H groups in total. The molecule has 0 saturated heterocycles. The van der Waals surface area contributed by atoms with Gasteiger partial charge in [-0.15, -0.1) is 0 Å². The molecule has 0 amide bonds. The number of hydrogen-bond acceptors (Lipinski definition) is 4. The van der Waals surface area contributed by atoms with Gasteiger partial charge in [0.15, 0.2) is 11.5 Å². The monoisotopic (exact) mass is 261 g/mol. The van der Waals surface area contributed by atoms with Crippen LogP contribution in [0.2, 0.25) is 0 Å². The molecule has 3 rings (SSSR count). The third kappa shape index (κ3) is 2.68. The van der Waals surface area contributed by atoms with Crippen LogP contribution < -0.4 is 19.5 Å². The van der Waals surface area contributed by atoms with Crippen LogP contribution in [-0.4, -0.2) is 19.9 Å². The summed E-state index contributed by atoms with van der Waals surface area (Å²) in [5, 5.41) is 3.58. The highest BCUT2D eigenvalue weighted by molar-refractivity contribution is 5.55. The van der Waals surface area contributed by atoms with Gasteiger partial charge in [-0.05, 0) is 37.0 Å². The molecule has 0 bridgehead atoms. The van der Waals surface area contributed by atoms with Gasteiger partial charge >= 0.3 is 0 Å². The molecule has 0 spiro atoms. The Morgan fingerprint density at radius 2 is 2.26 bits per heavy atom. The quantitative estimate of drug-likeness (QED) is 0.846. The van der Waals surface area contributed by atoms with Crippen molar-refractivity contribution in [3.05, 3.63) is 29.8 Å². The van der Waals surface area contributed by atoms with E-state index in [-0.39, 0.29) is 6.79 Å². The molecule has 0 fully saturated rings. The minimum atomic E-state index is 0.274. The first-order valence-corrected chi connectivity index (χ1v) is 6.71. The summed E-state index contributed by atoms with van der Waals surface area (Å²) < 4.78 is 16.2. The van der Waals surface area contributed by atoms with Gasteiger partial charge in [0.05, 0.1) is 7.11 Å². The van der Waals surface area contributed by atoms with Crippen LogP contribution in [0.5, 0.6) is 17.2 Å². The van der Waals surface area contributed by atoms with Crippen LogP contribution in [0.15, 0.2) is 24.3 Å². The first-order chi connectivity index (χ1) is 9.36. The fourth-order valence-corrected chi connectivity index (χ4v) is 2.53. The van der Waals surface area contributed by atoms with Crippen LogP contribution in [0.1, 0.15) is 24.8 Å². The van der Waals surface area contributed by atoms with E-state index in [4.69, 9.17) is 14.2 Å². The van der Waals surface area contributed by atoms with E-state index >= 15 is 0 Å². The molecule has 1 aliphatic carbocycles. The Balaban J connectivity index is 1.69. The van der Waals surface area contributed by atoms with Crippen LogP contribution >= 0.6 is 0 Å². The molecule has 1 unspecified atom stereocenters. The van der Waals surface area contributed by atoms with Gasteiger partial charge in [0.1, 0.15) is 0 Å². The van der Waals surface area contributed by atoms with Gasteiger partial charge in [0, 0.05) is 12.6 Å². The third-order valence-electron chi connectivity index (χ3n) is 3.58. The zero-order valence-electron chi connectivity index (χ0n) is 11.1. The van der Waals surface area contributed by atoms with Gasteiger partial charge in [0.2, 0.25) is 12.5 Å². The first-order valence-electron chi connectivity index (χ1n) is 6.71. The van der Waals surface area contributed by atoms with Crippen molar-refractivity contribution < 1.29 is 14.2 Å². The van der Waals surface area contributed by atoms with Crippen molar-refractivity contribution in [3.8, 4) is 17.2 Å². The fourth-order valence-electron chi connectivity index (χ4n) is 2.53. The lowest BCUT2D eigenvalue weighted by atomic mass is 10.0. The molecule has 19 heavy (non-hydrogen) atoms. The number of rotatable bonds is 4. The van der Waals surface area contributed by atoms with E-state index < -0.39 is 0 Å². The van der Waals surface area contributed by atoms with Crippen molar-refractivity contribution in [1.82, 2.24) is 5.32 Å². The molecule has 4 nitrogen and oxygen atoms in total. The predicted octanol–water partition coefficient (Wildman–Crippen LogP) is 2.62. The number of allylic oxidation sites excluding steroid dienone is 1. The van der Waals surface area contributed by atoms with E-state index in [9.17, 15) is 0 Å². The van der Waals surface area contributed by atoms with Gasteiger partial charge in [-0.25, -0.2) is 0 Å². The van der Waals surface area contributed by atoms with E-state index in [0.717, 1.165) is 30.0 Å². The summed E-state index contributed by atoms with van der Waals surface area (Å²) in [6, 6.07) is 4.61. The normalized spacial score (nSPS) is 20.6. The second-order valence-corrected chi connectivity index (χ2v) is 4.89. The maximum atomic E-state index is 5.43. The van der Waals surface area contributed by atoms with Crippen molar-refractivity contribution in [2.75, 3.05) is 13.9 Å². The molecule has 1 atom stereocenters. The predicted molar refractivity (Wildman–Crippen MR) is 72.7 cm³/mol. The molecule has 0 aromatic heterocycles. The van der Waals surface area contributed by atoms with Gasteiger partial charge in [-0.3, -0.25) is 0 Å². The second-order valence-electron chi connectivity index (χ2n) is 4.89. The van der Waals surface area contributed by atoms with Gasteiger partial charge < -0.3 is 19.5 Å². The summed E-state index contributed by atoms with van der Waals surface area (Å²) in [7, 11) is 1.65. The lowest BCUT2D eigenvalue weighted by molar-refractivity contribution is 0.171. The number of ether oxygens (including phenoxy) is 3. The van der Waals surface area contributed by atoms with Gasteiger partial charge in [-0.1, -0.05) is 12.2 Å². The highest BCUT2D eigenvalue weighted by Gasteiger charge is 2.20. The fraction of sp³-hybridized carbons (Fsp3) is 0.467. The standard InChI is InChI=1S/C15H19NO3/c1-17-13-7-11(8-14-15(13)19-10-18-14)9-16-12-5-3-2-4-6-12/h2-3,7-8,12,16H,4-6,9-10H2,1H3.